The first-order valence-corrected chi connectivity index (χ1v) is 7.74. The minimum atomic E-state index is 0.106. The smallest absolute Gasteiger partial charge is 0.224 e. The Hall–Kier alpha value is -1.86. The minimum absolute atomic E-state index is 0.106. The van der Waals surface area contributed by atoms with Gasteiger partial charge in [-0.15, -0.1) is 0 Å². The zero-order chi connectivity index (χ0) is 14.7. The van der Waals surface area contributed by atoms with Gasteiger partial charge in [-0.3, -0.25) is 4.79 Å². The number of fused-ring (bicyclic) bond motifs is 2. The number of benzene rings is 1. The van der Waals surface area contributed by atoms with Gasteiger partial charge in [-0.1, -0.05) is 12.1 Å². The molecule has 1 amide bonds. The predicted octanol–water partition coefficient (Wildman–Crippen LogP) is 2.61. The largest absolute Gasteiger partial charge is 0.326 e. The molecule has 4 heteroatoms. The highest BCUT2D eigenvalue weighted by molar-refractivity contribution is 5.90. The first-order chi connectivity index (χ1) is 10.2. The normalized spacial score (nSPS) is 27.1. The molecule has 2 atom stereocenters. The van der Waals surface area contributed by atoms with E-state index in [4.69, 9.17) is 5.26 Å². The number of piperidine rings is 1. The molecule has 2 N–H and O–H groups in total. The van der Waals surface area contributed by atoms with Gasteiger partial charge < -0.3 is 10.6 Å². The molecule has 1 aromatic carbocycles. The zero-order valence-electron chi connectivity index (χ0n) is 12.1. The molecule has 2 aliphatic heterocycles. The number of nitrogens with zero attached hydrogens (tertiary/aromatic N) is 1. The van der Waals surface area contributed by atoms with Gasteiger partial charge in [-0.2, -0.15) is 5.26 Å². The van der Waals surface area contributed by atoms with Gasteiger partial charge in [-0.25, -0.2) is 0 Å². The number of amides is 1. The van der Waals surface area contributed by atoms with Crippen LogP contribution in [0.3, 0.4) is 0 Å². The highest BCUT2D eigenvalue weighted by Gasteiger charge is 2.34. The average molecular weight is 283 g/mol. The summed E-state index contributed by atoms with van der Waals surface area (Å²) in [5.41, 5.74) is 1.80. The molecular formula is C17H21N3O. The van der Waals surface area contributed by atoms with E-state index in [1.807, 2.05) is 24.3 Å². The van der Waals surface area contributed by atoms with Crippen LogP contribution in [0.5, 0.6) is 0 Å². The van der Waals surface area contributed by atoms with Crippen molar-refractivity contribution >= 4 is 11.6 Å². The van der Waals surface area contributed by atoms with Crippen molar-refractivity contribution in [2.24, 2.45) is 5.92 Å². The summed E-state index contributed by atoms with van der Waals surface area (Å²) in [6, 6.07) is 10.9. The van der Waals surface area contributed by atoms with Crippen LogP contribution >= 0.6 is 0 Å². The maximum Gasteiger partial charge on any atom is 0.224 e. The van der Waals surface area contributed by atoms with E-state index in [0.717, 1.165) is 24.1 Å². The molecule has 2 heterocycles. The first-order valence-electron chi connectivity index (χ1n) is 7.74. The van der Waals surface area contributed by atoms with Crippen molar-refractivity contribution in [2.45, 2.75) is 50.6 Å². The number of hydrogen-bond donors (Lipinski definition) is 2. The lowest BCUT2D eigenvalue weighted by atomic mass is 9.89. The van der Waals surface area contributed by atoms with E-state index in [0.29, 0.717) is 30.8 Å². The Morgan fingerprint density at radius 3 is 2.52 bits per heavy atom. The standard InChI is InChI=1S/C17H21N3O/c18-8-7-12-1-3-14(4-2-12)20-17(21)11-13-9-15-5-6-16(10-13)19-15/h1-4,13,15-16,19H,5-7,9-11H2,(H,20,21). The van der Waals surface area contributed by atoms with E-state index in [1.165, 1.54) is 12.8 Å². The van der Waals surface area contributed by atoms with Gasteiger partial charge in [0.25, 0.3) is 0 Å². The van der Waals surface area contributed by atoms with Crippen LogP contribution in [0.25, 0.3) is 0 Å². The maximum atomic E-state index is 12.1. The van der Waals surface area contributed by atoms with E-state index in [1.54, 1.807) is 0 Å². The Kier molecular flexibility index (Phi) is 4.21. The van der Waals surface area contributed by atoms with Crippen molar-refractivity contribution < 1.29 is 4.79 Å². The average Bonchev–Trinajstić information content (AvgIpc) is 2.80. The Balaban J connectivity index is 1.51. The summed E-state index contributed by atoms with van der Waals surface area (Å²) < 4.78 is 0. The van der Waals surface area contributed by atoms with Crippen molar-refractivity contribution in [3.05, 3.63) is 29.8 Å². The van der Waals surface area contributed by atoms with Crippen molar-refractivity contribution in [1.29, 1.82) is 5.26 Å². The van der Waals surface area contributed by atoms with E-state index in [-0.39, 0.29) is 5.91 Å². The van der Waals surface area contributed by atoms with E-state index in [2.05, 4.69) is 16.7 Å². The number of rotatable bonds is 4. The third-order valence-electron chi connectivity index (χ3n) is 4.57. The molecule has 2 bridgehead atoms. The second-order valence-electron chi connectivity index (χ2n) is 6.26. The summed E-state index contributed by atoms with van der Waals surface area (Å²) >= 11 is 0. The molecule has 0 radical (unpaired) electrons. The molecule has 0 aromatic heterocycles. The Morgan fingerprint density at radius 1 is 1.24 bits per heavy atom. The van der Waals surface area contributed by atoms with Gasteiger partial charge in [0.15, 0.2) is 0 Å². The number of nitrogens with one attached hydrogen (secondary N) is 2. The van der Waals surface area contributed by atoms with Crippen LogP contribution in [0.1, 0.15) is 37.7 Å². The second-order valence-corrected chi connectivity index (χ2v) is 6.26. The fourth-order valence-electron chi connectivity index (χ4n) is 3.61. The van der Waals surface area contributed by atoms with Crippen LogP contribution in [0.15, 0.2) is 24.3 Å². The molecular weight excluding hydrogens is 262 g/mol. The first kappa shape index (κ1) is 14.1. The molecule has 4 nitrogen and oxygen atoms in total. The van der Waals surface area contributed by atoms with Gasteiger partial charge in [0.1, 0.15) is 0 Å². The fourth-order valence-corrected chi connectivity index (χ4v) is 3.61. The van der Waals surface area contributed by atoms with E-state index >= 15 is 0 Å². The lowest BCUT2D eigenvalue weighted by Gasteiger charge is -2.28. The zero-order valence-corrected chi connectivity index (χ0v) is 12.1. The topological polar surface area (TPSA) is 64.9 Å². The van der Waals surface area contributed by atoms with Crippen molar-refractivity contribution in [2.75, 3.05) is 5.32 Å². The number of nitriles is 1. The van der Waals surface area contributed by atoms with Crippen LogP contribution < -0.4 is 10.6 Å². The van der Waals surface area contributed by atoms with Crippen molar-refractivity contribution in [3.63, 3.8) is 0 Å². The third-order valence-corrected chi connectivity index (χ3v) is 4.57. The Morgan fingerprint density at radius 2 is 1.90 bits per heavy atom. The lowest BCUT2D eigenvalue weighted by molar-refractivity contribution is -0.117. The number of carbonyl (C=O) groups excluding carboxylic acids is 1. The quantitative estimate of drug-likeness (QED) is 0.892. The highest BCUT2D eigenvalue weighted by atomic mass is 16.1. The molecule has 3 rings (SSSR count). The molecule has 110 valence electrons. The van der Waals surface area contributed by atoms with Gasteiger partial charge in [0, 0.05) is 24.2 Å². The molecule has 2 saturated heterocycles. The fraction of sp³-hybridized carbons (Fsp3) is 0.529. The van der Waals surface area contributed by atoms with Crippen LogP contribution in [-0.4, -0.2) is 18.0 Å². The number of carbonyl (C=O) groups is 1. The van der Waals surface area contributed by atoms with Crippen LogP contribution in [0, 0.1) is 17.2 Å². The van der Waals surface area contributed by atoms with Gasteiger partial charge in [-0.05, 0) is 49.3 Å². The number of hydrogen-bond acceptors (Lipinski definition) is 3. The SMILES string of the molecule is N#CCc1ccc(NC(=O)CC2CC3CCC(C2)N3)cc1. The molecule has 21 heavy (non-hydrogen) atoms. The second kappa shape index (κ2) is 6.28. The van der Waals surface area contributed by atoms with Crippen LogP contribution in [0.4, 0.5) is 5.69 Å². The molecule has 2 fully saturated rings. The molecule has 0 saturated carbocycles. The predicted molar refractivity (Wildman–Crippen MR) is 81.7 cm³/mol. The summed E-state index contributed by atoms with van der Waals surface area (Å²) in [7, 11) is 0. The molecule has 2 aliphatic rings. The van der Waals surface area contributed by atoms with Crippen molar-refractivity contribution in [1.82, 2.24) is 5.32 Å². The summed E-state index contributed by atoms with van der Waals surface area (Å²) in [4.78, 5) is 12.1. The third kappa shape index (κ3) is 3.62. The van der Waals surface area contributed by atoms with Crippen molar-refractivity contribution in [3.8, 4) is 6.07 Å². The Bertz CT molecular complexity index is 534. The van der Waals surface area contributed by atoms with Crippen LogP contribution in [0.2, 0.25) is 0 Å². The minimum Gasteiger partial charge on any atom is -0.326 e. The van der Waals surface area contributed by atoms with Gasteiger partial charge >= 0.3 is 0 Å². The Labute approximate surface area is 125 Å². The summed E-state index contributed by atoms with van der Waals surface area (Å²) in [6.07, 6.45) is 5.82. The maximum absolute atomic E-state index is 12.1. The number of anilines is 1. The van der Waals surface area contributed by atoms with E-state index < -0.39 is 0 Å². The summed E-state index contributed by atoms with van der Waals surface area (Å²) in [6.45, 7) is 0. The lowest BCUT2D eigenvalue weighted by Crippen LogP contribution is -2.39. The van der Waals surface area contributed by atoms with Gasteiger partial charge in [0.05, 0.1) is 12.5 Å². The summed E-state index contributed by atoms with van der Waals surface area (Å²) in [5, 5.41) is 15.2. The van der Waals surface area contributed by atoms with E-state index in [9.17, 15) is 4.79 Å². The highest BCUT2D eigenvalue weighted by Crippen LogP contribution is 2.32. The molecule has 1 aromatic rings. The molecule has 0 aliphatic carbocycles. The monoisotopic (exact) mass is 283 g/mol. The molecule has 2 unspecified atom stereocenters. The van der Waals surface area contributed by atoms with Gasteiger partial charge in [0.2, 0.25) is 5.91 Å². The summed E-state index contributed by atoms with van der Waals surface area (Å²) in [5.74, 6) is 0.621. The van der Waals surface area contributed by atoms with Crippen LogP contribution in [-0.2, 0) is 11.2 Å². The molecule has 0 spiro atoms.